The lowest BCUT2D eigenvalue weighted by atomic mass is 10.2. The second-order valence-corrected chi connectivity index (χ2v) is 5.48. The summed E-state index contributed by atoms with van der Waals surface area (Å²) in [5.41, 5.74) is 0.597. The highest BCUT2D eigenvalue weighted by atomic mass is 35.5. The first-order valence-corrected chi connectivity index (χ1v) is 6.99. The molecule has 1 aromatic carbocycles. The van der Waals surface area contributed by atoms with Crippen LogP contribution in [0.5, 0.6) is 0 Å². The quantitative estimate of drug-likeness (QED) is 0.697. The fraction of sp³-hybridized carbons (Fsp3) is 0.0714. The van der Waals surface area contributed by atoms with Crippen molar-refractivity contribution >= 4 is 22.9 Å². The minimum absolute atomic E-state index is 0.293. The fourth-order valence-electron chi connectivity index (χ4n) is 1.90. The molecule has 3 aromatic rings. The number of aromatic nitrogens is 2. The van der Waals surface area contributed by atoms with Crippen LogP contribution >= 0.6 is 22.9 Å². The molecule has 19 heavy (non-hydrogen) atoms. The first-order chi connectivity index (χ1) is 9.24. The van der Waals surface area contributed by atoms with Crippen molar-refractivity contribution in [2.75, 3.05) is 0 Å². The van der Waals surface area contributed by atoms with Crippen molar-refractivity contribution in [2.45, 2.75) is 6.54 Å². The van der Waals surface area contributed by atoms with Gasteiger partial charge < -0.3 is 4.57 Å². The van der Waals surface area contributed by atoms with Gasteiger partial charge in [-0.2, -0.15) is 0 Å². The molecule has 2 heterocycles. The lowest BCUT2D eigenvalue weighted by Crippen LogP contribution is -2.02. The maximum atomic E-state index is 13.8. The van der Waals surface area contributed by atoms with Crippen molar-refractivity contribution in [3.63, 3.8) is 0 Å². The smallest absolute Gasteiger partial charge is 0.150 e. The van der Waals surface area contributed by atoms with Gasteiger partial charge in [-0.1, -0.05) is 23.7 Å². The molecule has 0 saturated heterocycles. The first kappa shape index (κ1) is 12.4. The maximum Gasteiger partial charge on any atom is 0.150 e. The highest BCUT2D eigenvalue weighted by Gasteiger charge is 2.09. The Morgan fingerprint density at radius 1 is 1.32 bits per heavy atom. The highest BCUT2D eigenvalue weighted by molar-refractivity contribution is 7.13. The van der Waals surface area contributed by atoms with Gasteiger partial charge in [0.05, 0.1) is 11.4 Å². The Morgan fingerprint density at radius 3 is 2.95 bits per heavy atom. The molecule has 0 radical (unpaired) electrons. The Labute approximate surface area is 119 Å². The molecule has 5 heteroatoms. The molecule has 0 aliphatic carbocycles. The Hall–Kier alpha value is -1.65. The van der Waals surface area contributed by atoms with E-state index in [1.54, 1.807) is 29.7 Å². The standard InChI is InChI=1S/C14H10ClFN2S/c15-11-4-3-10(12(16)8-11)9-18-6-5-17-14(18)13-2-1-7-19-13/h1-8H,9H2. The second kappa shape index (κ2) is 5.15. The van der Waals surface area contributed by atoms with Crippen LogP contribution in [0.25, 0.3) is 10.7 Å². The summed E-state index contributed by atoms with van der Waals surface area (Å²) in [6.07, 6.45) is 3.58. The molecule has 0 aliphatic heterocycles. The molecule has 0 N–H and O–H groups in total. The van der Waals surface area contributed by atoms with Crippen LogP contribution in [0.1, 0.15) is 5.56 Å². The molecule has 2 aromatic heterocycles. The predicted octanol–water partition coefficient (Wildman–Crippen LogP) is 4.45. The zero-order chi connectivity index (χ0) is 13.2. The van der Waals surface area contributed by atoms with E-state index in [-0.39, 0.29) is 5.82 Å². The van der Waals surface area contributed by atoms with E-state index in [0.717, 1.165) is 10.7 Å². The third kappa shape index (κ3) is 2.55. The largest absolute Gasteiger partial charge is 0.326 e. The molecule has 0 saturated carbocycles. The van der Waals surface area contributed by atoms with Crippen LogP contribution in [0.2, 0.25) is 5.02 Å². The van der Waals surface area contributed by atoms with E-state index < -0.39 is 0 Å². The number of thiophene rings is 1. The Balaban J connectivity index is 1.94. The zero-order valence-corrected chi connectivity index (χ0v) is 11.5. The SMILES string of the molecule is Fc1cc(Cl)ccc1Cn1ccnc1-c1cccs1. The normalized spacial score (nSPS) is 10.8. The van der Waals surface area contributed by atoms with E-state index in [2.05, 4.69) is 4.98 Å². The third-order valence-corrected chi connectivity index (χ3v) is 3.91. The third-order valence-electron chi connectivity index (χ3n) is 2.81. The van der Waals surface area contributed by atoms with Crippen molar-refractivity contribution in [3.8, 4) is 10.7 Å². The lowest BCUT2D eigenvalue weighted by molar-refractivity contribution is 0.600. The minimum Gasteiger partial charge on any atom is -0.326 e. The summed E-state index contributed by atoms with van der Waals surface area (Å²) in [6, 6.07) is 8.71. The number of rotatable bonds is 3. The molecule has 0 unspecified atom stereocenters. The molecular weight excluding hydrogens is 283 g/mol. The van der Waals surface area contributed by atoms with Crippen molar-refractivity contribution in [3.05, 3.63) is 64.5 Å². The number of hydrogen-bond acceptors (Lipinski definition) is 2. The predicted molar refractivity (Wildman–Crippen MR) is 76.1 cm³/mol. The summed E-state index contributed by atoms with van der Waals surface area (Å²) in [5.74, 6) is 0.558. The molecule has 0 aliphatic rings. The van der Waals surface area contributed by atoms with Gasteiger partial charge in [0.1, 0.15) is 11.6 Å². The summed E-state index contributed by atoms with van der Waals surface area (Å²) < 4.78 is 15.7. The average molecular weight is 293 g/mol. The molecule has 0 spiro atoms. The topological polar surface area (TPSA) is 17.8 Å². The lowest BCUT2D eigenvalue weighted by Gasteiger charge is -2.08. The summed E-state index contributed by atoms with van der Waals surface area (Å²) in [7, 11) is 0. The van der Waals surface area contributed by atoms with Gasteiger partial charge in [-0.05, 0) is 23.6 Å². The van der Waals surface area contributed by atoms with Crippen LogP contribution in [0, 0.1) is 5.82 Å². The molecule has 3 rings (SSSR count). The van der Waals surface area contributed by atoms with Gasteiger partial charge in [-0.15, -0.1) is 11.3 Å². The summed E-state index contributed by atoms with van der Waals surface area (Å²) in [4.78, 5) is 5.40. The van der Waals surface area contributed by atoms with E-state index in [9.17, 15) is 4.39 Å². The Morgan fingerprint density at radius 2 is 2.21 bits per heavy atom. The van der Waals surface area contributed by atoms with Crippen LogP contribution < -0.4 is 0 Å². The molecule has 0 amide bonds. The number of hydrogen-bond donors (Lipinski definition) is 0. The fourth-order valence-corrected chi connectivity index (χ4v) is 2.80. The maximum absolute atomic E-state index is 13.8. The second-order valence-electron chi connectivity index (χ2n) is 4.09. The van der Waals surface area contributed by atoms with Gasteiger partial charge in [-0.25, -0.2) is 9.37 Å². The van der Waals surface area contributed by atoms with E-state index in [1.807, 2.05) is 28.3 Å². The van der Waals surface area contributed by atoms with Crippen LogP contribution in [0.3, 0.4) is 0 Å². The number of imidazole rings is 1. The highest BCUT2D eigenvalue weighted by Crippen LogP contribution is 2.24. The van der Waals surface area contributed by atoms with Crippen molar-refractivity contribution < 1.29 is 4.39 Å². The van der Waals surface area contributed by atoms with Gasteiger partial charge >= 0.3 is 0 Å². The summed E-state index contributed by atoms with van der Waals surface area (Å²) in [5, 5.41) is 2.40. The molecule has 96 valence electrons. The summed E-state index contributed by atoms with van der Waals surface area (Å²) >= 11 is 7.37. The van der Waals surface area contributed by atoms with Gasteiger partial charge in [0.25, 0.3) is 0 Å². The van der Waals surface area contributed by atoms with Crippen molar-refractivity contribution in [1.82, 2.24) is 9.55 Å². The molecular formula is C14H10ClFN2S. The van der Waals surface area contributed by atoms with Gasteiger partial charge in [0.2, 0.25) is 0 Å². The molecule has 0 atom stereocenters. The summed E-state index contributed by atoms with van der Waals surface area (Å²) in [6.45, 7) is 0.441. The van der Waals surface area contributed by atoms with Crippen LogP contribution in [-0.2, 0) is 6.54 Å². The van der Waals surface area contributed by atoms with Crippen molar-refractivity contribution in [1.29, 1.82) is 0 Å². The van der Waals surface area contributed by atoms with E-state index in [1.165, 1.54) is 6.07 Å². The van der Waals surface area contributed by atoms with Gasteiger partial charge in [0, 0.05) is 23.0 Å². The molecule has 0 bridgehead atoms. The van der Waals surface area contributed by atoms with Crippen molar-refractivity contribution in [2.24, 2.45) is 0 Å². The van der Waals surface area contributed by atoms with E-state index in [4.69, 9.17) is 11.6 Å². The monoisotopic (exact) mass is 292 g/mol. The van der Waals surface area contributed by atoms with Crippen LogP contribution in [0.4, 0.5) is 4.39 Å². The number of halogens is 2. The Kier molecular flexibility index (Phi) is 3.36. The van der Waals surface area contributed by atoms with Crippen LogP contribution in [-0.4, -0.2) is 9.55 Å². The average Bonchev–Trinajstić information content (AvgIpc) is 3.03. The van der Waals surface area contributed by atoms with E-state index in [0.29, 0.717) is 17.1 Å². The molecule has 2 nitrogen and oxygen atoms in total. The van der Waals surface area contributed by atoms with Gasteiger partial charge in [-0.3, -0.25) is 0 Å². The van der Waals surface area contributed by atoms with Gasteiger partial charge in [0.15, 0.2) is 0 Å². The Bertz CT molecular complexity index is 691. The molecule has 0 fully saturated rings. The van der Waals surface area contributed by atoms with Crippen LogP contribution in [0.15, 0.2) is 48.1 Å². The number of benzene rings is 1. The minimum atomic E-state index is -0.293. The first-order valence-electron chi connectivity index (χ1n) is 5.73. The zero-order valence-electron chi connectivity index (χ0n) is 9.88. The number of nitrogens with zero attached hydrogens (tertiary/aromatic N) is 2. The van der Waals surface area contributed by atoms with E-state index >= 15 is 0 Å².